The van der Waals surface area contributed by atoms with Crippen LogP contribution in [-0.2, 0) is 9.59 Å². The molecule has 2 aromatic carbocycles. The molecule has 0 unspecified atom stereocenters. The molecule has 0 bridgehead atoms. The lowest BCUT2D eigenvalue weighted by atomic mass is 10.4. The summed E-state index contributed by atoms with van der Waals surface area (Å²) in [5, 5.41) is 3.02. The minimum Gasteiger partial charge on any atom is -0.186 e. The van der Waals surface area contributed by atoms with E-state index in [4.69, 9.17) is 9.59 Å². The van der Waals surface area contributed by atoms with Gasteiger partial charge in [-0.2, -0.15) is 9.59 Å². The first kappa shape index (κ1) is 18.4. The molecule has 0 aliphatic carbocycles. The first-order valence-corrected chi connectivity index (χ1v) is 6.35. The third kappa shape index (κ3) is 7.33. The average Bonchev–Trinajstić information content (AvgIpc) is 2.33. The van der Waals surface area contributed by atoms with Crippen molar-refractivity contribution in [2.75, 3.05) is 0 Å². The zero-order chi connectivity index (χ0) is 11.6. The highest BCUT2D eigenvalue weighted by Crippen LogP contribution is 1.84. The molecular weight excluding hydrogens is 240 g/mol. The van der Waals surface area contributed by atoms with Gasteiger partial charge in [0, 0.05) is 0 Å². The number of hydrogen-bond donors (Lipinski definition) is 0. The average molecular weight is 260 g/mol. The second-order valence-electron chi connectivity index (χ2n) is 3.23. The summed E-state index contributed by atoms with van der Waals surface area (Å²) in [4.78, 5) is 16.2. The Balaban J connectivity index is 0. The summed E-state index contributed by atoms with van der Waals surface area (Å²) in [5.74, 6) is 0. The van der Waals surface area contributed by atoms with E-state index in [1.165, 1.54) is 10.4 Å². The Hall–Kier alpha value is -1.96. The van der Waals surface area contributed by atoms with Crippen molar-refractivity contribution in [3.05, 3.63) is 60.7 Å². The van der Waals surface area contributed by atoms with Crippen LogP contribution in [0.15, 0.2) is 60.7 Å². The van der Waals surface area contributed by atoms with Crippen molar-refractivity contribution in [3.63, 3.8) is 0 Å². The maximum atomic E-state index is 8.12. The molecular formula is C15H20O2Si. The maximum Gasteiger partial charge on any atom is 0.373 e. The van der Waals surface area contributed by atoms with E-state index in [2.05, 4.69) is 60.7 Å². The van der Waals surface area contributed by atoms with E-state index in [9.17, 15) is 0 Å². The van der Waals surface area contributed by atoms with E-state index in [0.29, 0.717) is 0 Å². The van der Waals surface area contributed by atoms with Crippen LogP contribution in [0.25, 0.3) is 0 Å². The highest BCUT2D eigenvalue weighted by molar-refractivity contribution is 6.67. The largest absolute Gasteiger partial charge is 0.373 e. The van der Waals surface area contributed by atoms with Crippen LogP contribution in [-0.4, -0.2) is 15.7 Å². The fraction of sp³-hybridized carbons (Fsp3) is 0.133. The number of carbonyl (C=O) groups excluding carboxylic acids is 2. The Bertz CT molecular complexity index is 397. The Morgan fingerprint density at radius 3 is 1.22 bits per heavy atom. The minimum absolute atomic E-state index is 0. The summed E-state index contributed by atoms with van der Waals surface area (Å²) in [6.07, 6.45) is 0.250. The topological polar surface area (TPSA) is 34.1 Å². The number of benzene rings is 2. The Morgan fingerprint density at radius 2 is 0.944 bits per heavy atom. The van der Waals surface area contributed by atoms with Crippen molar-refractivity contribution in [3.8, 4) is 0 Å². The first-order valence-electron chi connectivity index (χ1n) is 4.94. The quantitative estimate of drug-likeness (QED) is 0.767. The molecule has 0 saturated carbocycles. The molecule has 2 nitrogen and oxygen atoms in total. The molecule has 2 rings (SSSR count). The molecule has 96 valence electrons. The Labute approximate surface area is 111 Å². The molecule has 0 fully saturated rings. The highest BCUT2D eigenvalue weighted by atomic mass is 28.2. The predicted molar refractivity (Wildman–Crippen MR) is 79.2 cm³/mol. The summed E-state index contributed by atoms with van der Waals surface area (Å²) in [6.45, 7) is 0. The Kier molecular flexibility index (Phi) is 11.8. The van der Waals surface area contributed by atoms with Gasteiger partial charge in [-0.1, -0.05) is 85.9 Å². The minimum atomic E-state index is -0.234. The summed E-state index contributed by atoms with van der Waals surface area (Å²) in [7, 11) is -0.234. The van der Waals surface area contributed by atoms with Crippen LogP contribution < -0.4 is 10.4 Å². The molecule has 0 radical (unpaired) electrons. The van der Waals surface area contributed by atoms with E-state index in [0.717, 1.165) is 0 Å². The lowest BCUT2D eigenvalue weighted by Gasteiger charge is -1.99. The number of hydrogen-bond acceptors (Lipinski definition) is 2. The van der Waals surface area contributed by atoms with Crippen LogP contribution in [0.3, 0.4) is 0 Å². The predicted octanol–water partition coefficient (Wildman–Crippen LogP) is 1.49. The van der Waals surface area contributed by atoms with Crippen molar-refractivity contribution in [2.24, 2.45) is 0 Å². The molecule has 0 atom stereocenters. The molecule has 0 N–H and O–H groups in total. The lowest BCUT2D eigenvalue weighted by molar-refractivity contribution is -0.191. The van der Waals surface area contributed by atoms with Crippen molar-refractivity contribution in [2.45, 2.75) is 14.9 Å². The fourth-order valence-corrected chi connectivity index (χ4v) is 2.91. The SMILES string of the molecule is C.C.O=C=O.c1ccc([SiH2]c2ccccc2)cc1. The van der Waals surface area contributed by atoms with Gasteiger partial charge in [0.05, 0.1) is 9.52 Å². The molecule has 0 amide bonds. The van der Waals surface area contributed by atoms with Gasteiger partial charge in [0.25, 0.3) is 0 Å². The van der Waals surface area contributed by atoms with E-state index in [1.807, 2.05) is 0 Å². The normalized spacial score (nSPS) is 7.56. The van der Waals surface area contributed by atoms with Gasteiger partial charge < -0.3 is 0 Å². The van der Waals surface area contributed by atoms with Gasteiger partial charge >= 0.3 is 6.15 Å². The van der Waals surface area contributed by atoms with E-state index in [1.54, 1.807) is 0 Å². The molecule has 0 heterocycles. The maximum absolute atomic E-state index is 8.12. The van der Waals surface area contributed by atoms with Gasteiger partial charge in [-0.15, -0.1) is 0 Å². The van der Waals surface area contributed by atoms with E-state index in [-0.39, 0.29) is 30.5 Å². The van der Waals surface area contributed by atoms with Crippen LogP contribution >= 0.6 is 0 Å². The van der Waals surface area contributed by atoms with Crippen LogP contribution in [0.4, 0.5) is 0 Å². The summed E-state index contributed by atoms with van der Waals surface area (Å²) < 4.78 is 0. The van der Waals surface area contributed by atoms with Crippen LogP contribution in [0.5, 0.6) is 0 Å². The monoisotopic (exact) mass is 260 g/mol. The molecule has 0 aliphatic heterocycles. The van der Waals surface area contributed by atoms with Crippen LogP contribution in [0.1, 0.15) is 14.9 Å². The van der Waals surface area contributed by atoms with Crippen LogP contribution in [0, 0.1) is 0 Å². The third-order valence-corrected chi connectivity index (χ3v) is 3.85. The Morgan fingerprint density at radius 1 is 0.667 bits per heavy atom. The molecule has 2 aromatic rings. The fourth-order valence-electron chi connectivity index (χ4n) is 1.43. The molecule has 0 aliphatic rings. The van der Waals surface area contributed by atoms with Gasteiger partial charge in [0.15, 0.2) is 0 Å². The van der Waals surface area contributed by atoms with E-state index < -0.39 is 0 Å². The second kappa shape index (κ2) is 11.5. The van der Waals surface area contributed by atoms with Crippen molar-refractivity contribution in [1.82, 2.24) is 0 Å². The van der Waals surface area contributed by atoms with Gasteiger partial charge in [0.2, 0.25) is 0 Å². The molecule has 18 heavy (non-hydrogen) atoms. The molecule has 0 aromatic heterocycles. The zero-order valence-corrected chi connectivity index (χ0v) is 10.2. The standard InChI is InChI=1S/C12H12Si.CO2.2CH4/c1-3-7-11(8-4-1)13-12-9-5-2-6-10-12;2-1-3;;/h1-10H,13H2;;2*1H4. The van der Waals surface area contributed by atoms with Crippen molar-refractivity contribution >= 4 is 26.0 Å². The molecule has 3 heteroatoms. The summed E-state index contributed by atoms with van der Waals surface area (Å²) in [5.41, 5.74) is 0. The second-order valence-corrected chi connectivity index (χ2v) is 5.22. The van der Waals surface area contributed by atoms with E-state index >= 15 is 0 Å². The zero-order valence-electron chi connectivity index (χ0n) is 8.80. The smallest absolute Gasteiger partial charge is 0.186 e. The lowest BCUT2D eigenvalue weighted by Crippen LogP contribution is -2.26. The van der Waals surface area contributed by atoms with Gasteiger partial charge in [-0.3, -0.25) is 0 Å². The van der Waals surface area contributed by atoms with Gasteiger partial charge in [-0.25, -0.2) is 0 Å². The van der Waals surface area contributed by atoms with Crippen molar-refractivity contribution in [1.29, 1.82) is 0 Å². The van der Waals surface area contributed by atoms with Gasteiger partial charge in [0.1, 0.15) is 0 Å². The summed E-state index contributed by atoms with van der Waals surface area (Å²) >= 11 is 0. The molecule has 0 saturated heterocycles. The summed E-state index contributed by atoms with van der Waals surface area (Å²) in [6, 6.07) is 21.5. The van der Waals surface area contributed by atoms with Gasteiger partial charge in [-0.05, 0) is 0 Å². The molecule has 0 spiro atoms. The third-order valence-electron chi connectivity index (χ3n) is 2.09. The van der Waals surface area contributed by atoms with Crippen molar-refractivity contribution < 1.29 is 9.59 Å². The number of rotatable bonds is 2. The van der Waals surface area contributed by atoms with Crippen LogP contribution in [0.2, 0.25) is 0 Å². The highest BCUT2D eigenvalue weighted by Gasteiger charge is 1.93. The first-order chi connectivity index (χ1) is 7.86.